The zero-order valence-corrected chi connectivity index (χ0v) is 12.2. The van der Waals surface area contributed by atoms with Gasteiger partial charge >= 0.3 is 6.18 Å². The van der Waals surface area contributed by atoms with Crippen molar-refractivity contribution in [2.45, 2.75) is 6.18 Å². The first-order chi connectivity index (χ1) is 11.0. The van der Waals surface area contributed by atoms with Crippen LogP contribution in [0.4, 0.5) is 13.2 Å². The van der Waals surface area contributed by atoms with Gasteiger partial charge in [0.15, 0.2) is 0 Å². The van der Waals surface area contributed by atoms with Gasteiger partial charge in [-0.25, -0.2) is 4.68 Å². The Bertz CT molecular complexity index is 810. The van der Waals surface area contributed by atoms with Gasteiger partial charge in [-0.1, -0.05) is 42.5 Å². The third-order valence-electron chi connectivity index (χ3n) is 3.40. The Morgan fingerprint density at radius 1 is 0.957 bits per heavy atom. The highest BCUT2D eigenvalue weighted by Gasteiger charge is 2.37. The van der Waals surface area contributed by atoms with Crippen LogP contribution in [0.25, 0.3) is 16.8 Å². The van der Waals surface area contributed by atoms with Crippen molar-refractivity contribution < 1.29 is 17.9 Å². The van der Waals surface area contributed by atoms with E-state index >= 15 is 0 Å². The van der Waals surface area contributed by atoms with E-state index in [0.717, 1.165) is 17.3 Å². The summed E-state index contributed by atoms with van der Waals surface area (Å²) in [6.45, 7) is 0. The Morgan fingerprint density at radius 2 is 1.65 bits per heavy atom. The highest BCUT2D eigenvalue weighted by molar-refractivity contribution is 5.65. The third kappa shape index (κ3) is 3.06. The molecule has 0 saturated carbocycles. The molecule has 0 fully saturated rings. The van der Waals surface area contributed by atoms with Crippen LogP contribution in [0.1, 0.15) is 5.56 Å². The predicted molar refractivity (Wildman–Crippen MR) is 80.6 cm³/mol. The molecule has 3 rings (SSSR count). The van der Waals surface area contributed by atoms with Gasteiger partial charge in [-0.2, -0.15) is 13.2 Å². The molecule has 23 heavy (non-hydrogen) atoms. The molecule has 118 valence electrons. The lowest BCUT2D eigenvalue weighted by Gasteiger charge is -2.05. The largest absolute Gasteiger partial charge is 0.479 e. The molecule has 0 aliphatic heterocycles. The summed E-state index contributed by atoms with van der Waals surface area (Å²) in [5, 5.41) is 3.87. The monoisotopic (exact) mass is 318 g/mol. The summed E-state index contributed by atoms with van der Waals surface area (Å²) in [6.07, 6.45) is -3.58. The van der Waals surface area contributed by atoms with Crippen LogP contribution in [0, 0.1) is 0 Å². The van der Waals surface area contributed by atoms with Crippen molar-refractivity contribution in [3.8, 4) is 22.7 Å². The predicted octanol–water partition coefficient (Wildman–Crippen LogP) is 4.57. The molecule has 0 aliphatic carbocycles. The van der Waals surface area contributed by atoms with E-state index in [1.54, 1.807) is 18.2 Å². The number of hydrogen-bond acceptors (Lipinski definition) is 2. The quantitative estimate of drug-likeness (QED) is 0.707. The van der Waals surface area contributed by atoms with Gasteiger partial charge < -0.3 is 4.74 Å². The highest BCUT2D eigenvalue weighted by Crippen LogP contribution is 2.36. The zero-order chi connectivity index (χ0) is 16.4. The van der Waals surface area contributed by atoms with E-state index in [1.807, 2.05) is 36.4 Å². The molecule has 0 N–H and O–H groups in total. The Balaban J connectivity index is 2.05. The van der Waals surface area contributed by atoms with Crippen LogP contribution in [0.15, 0.2) is 60.8 Å². The Morgan fingerprint density at radius 3 is 2.26 bits per heavy atom. The lowest BCUT2D eigenvalue weighted by atomic mass is 10.1. The number of ether oxygens (including phenoxy) is 1. The van der Waals surface area contributed by atoms with Crippen molar-refractivity contribution in [3.63, 3.8) is 0 Å². The summed E-state index contributed by atoms with van der Waals surface area (Å²) in [5.41, 5.74) is 1.50. The molecule has 0 unspecified atom stereocenters. The molecule has 0 atom stereocenters. The van der Waals surface area contributed by atoms with E-state index in [4.69, 9.17) is 4.74 Å². The molecule has 3 nitrogen and oxygen atoms in total. The molecular formula is C17H13F3N2O. The smallest absolute Gasteiger partial charge is 0.423 e. The van der Waals surface area contributed by atoms with Crippen molar-refractivity contribution in [1.82, 2.24) is 9.78 Å². The number of halogens is 3. The fourth-order valence-electron chi connectivity index (χ4n) is 2.29. The first kappa shape index (κ1) is 15.1. The standard InChI is InChI=1S/C17H13F3N2O/c1-23-16-15(17(18,19)20)11-22(21-16)14-9-5-8-13(10-14)12-6-3-2-4-7-12/h2-11H,1H3. The van der Waals surface area contributed by atoms with Crippen molar-refractivity contribution in [1.29, 1.82) is 0 Å². The van der Waals surface area contributed by atoms with E-state index in [1.165, 1.54) is 11.8 Å². The lowest BCUT2D eigenvalue weighted by Crippen LogP contribution is -2.05. The van der Waals surface area contributed by atoms with Crippen LogP contribution in [0.5, 0.6) is 5.88 Å². The summed E-state index contributed by atoms with van der Waals surface area (Å²) in [6, 6.07) is 16.7. The lowest BCUT2D eigenvalue weighted by molar-refractivity contribution is -0.138. The average Bonchev–Trinajstić information content (AvgIpc) is 3.01. The molecule has 0 saturated heterocycles. The summed E-state index contributed by atoms with van der Waals surface area (Å²) in [4.78, 5) is 0. The van der Waals surface area contributed by atoms with Gasteiger partial charge in [0.2, 0.25) is 5.88 Å². The van der Waals surface area contributed by atoms with Gasteiger partial charge in [0, 0.05) is 6.20 Å². The van der Waals surface area contributed by atoms with Gasteiger partial charge in [-0.15, -0.1) is 5.10 Å². The van der Waals surface area contributed by atoms with Gasteiger partial charge in [0.25, 0.3) is 0 Å². The maximum Gasteiger partial charge on any atom is 0.423 e. The zero-order valence-electron chi connectivity index (χ0n) is 12.2. The van der Waals surface area contributed by atoms with E-state index in [-0.39, 0.29) is 0 Å². The van der Waals surface area contributed by atoms with Crippen molar-refractivity contribution in [2.24, 2.45) is 0 Å². The van der Waals surface area contributed by atoms with Crippen LogP contribution in [-0.2, 0) is 6.18 Å². The second-order valence-corrected chi connectivity index (χ2v) is 4.91. The first-order valence-corrected chi connectivity index (χ1v) is 6.86. The van der Waals surface area contributed by atoms with Crippen molar-refractivity contribution >= 4 is 0 Å². The summed E-state index contributed by atoms with van der Waals surface area (Å²) < 4.78 is 44.8. The average molecular weight is 318 g/mol. The molecule has 0 spiro atoms. The molecule has 0 bridgehead atoms. The first-order valence-electron chi connectivity index (χ1n) is 6.86. The summed E-state index contributed by atoms with van der Waals surface area (Å²) in [7, 11) is 1.17. The van der Waals surface area contributed by atoms with Crippen LogP contribution in [0.3, 0.4) is 0 Å². The van der Waals surface area contributed by atoms with Gasteiger partial charge in [0.1, 0.15) is 5.56 Å². The number of benzene rings is 2. The molecule has 1 heterocycles. The fourth-order valence-corrected chi connectivity index (χ4v) is 2.29. The minimum Gasteiger partial charge on any atom is -0.479 e. The Hall–Kier alpha value is -2.76. The SMILES string of the molecule is COc1nn(-c2cccc(-c3ccccc3)c2)cc1C(F)(F)F. The third-order valence-corrected chi connectivity index (χ3v) is 3.40. The normalized spacial score (nSPS) is 11.5. The number of alkyl halides is 3. The van der Waals surface area contributed by atoms with Crippen LogP contribution < -0.4 is 4.74 Å². The topological polar surface area (TPSA) is 27.1 Å². The second kappa shape index (κ2) is 5.79. The molecule has 3 aromatic rings. The van der Waals surface area contributed by atoms with E-state index in [9.17, 15) is 13.2 Å². The molecule has 1 aromatic heterocycles. The second-order valence-electron chi connectivity index (χ2n) is 4.91. The minimum atomic E-state index is -4.51. The van der Waals surface area contributed by atoms with Crippen molar-refractivity contribution in [2.75, 3.05) is 7.11 Å². The molecule has 6 heteroatoms. The van der Waals surface area contributed by atoms with E-state index in [2.05, 4.69) is 5.10 Å². The molecular weight excluding hydrogens is 305 g/mol. The van der Waals surface area contributed by atoms with Gasteiger partial charge in [0.05, 0.1) is 12.8 Å². The van der Waals surface area contributed by atoms with Gasteiger partial charge in [-0.3, -0.25) is 0 Å². The number of rotatable bonds is 3. The summed E-state index contributed by atoms with van der Waals surface area (Å²) in [5.74, 6) is -0.442. The molecule has 0 amide bonds. The van der Waals surface area contributed by atoms with E-state index < -0.39 is 17.6 Å². The number of hydrogen-bond donors (Lipinski definition) is 0. The van der Waals surface area contributed by atoms with Gasteiger partial charge in [-0.05, 0) is 23.3 Å². The van der Waals surface area contributed by atoms with E-state index in [0.29, 0.717) is 5.69 Å². The molecule has 2 aromatic carbocycles. The molecule has 0 radical (unpaired) electrons. The molecule has 0 aliphatic rings. The van der Waals surface area contributed by atoms with Crippen LogP contribution >= 0.6 is 0 Å². The highest BCUT2D eigenvalue weighted by atomic mass is 19.4. The number of nitrogens with zero attached hydrogens (tertiary/aromatic N) is 2. The van der Waals surface area contributed by atoms with Crippen LogP contribution in [0.2, 0.25) is 0 Å². The number of methoxy groups -OCH3 is 1. The fraction of sp³-hybridized carbons (Fsp3) is 0.118. The van der Waals surface area contributed by atoms with Crippen molar-refractivity contribution in [3.05, 3.63) is 66.4 Å². The number of aromatic nitrogens is 2. The minimum absolute atomic E-state index is 0.442. The van der Waals surface area contributed by atoms with Crippen LogP contribution in [-0.4, -0.2) is 16.9 Å². The maximum atomic E-state index is 13.0. The Labute approximate surface area is 130 Å². The summed E-state index contributed by atoms with van der Waals surface area (Å²) >= 11 is 0. The Kier molecular flexibility index (Phi) is 3.82. The maximum absolute atomic E-state index is 13.0.